The molecule has 2 rings (SSSR count). The van der Waals surface area contributed by atoms with Gasteiger partial charge in [-0.05, 0) is 59.4 Å². The third-order valence-electron chi connectivity index (χ3n) is 2.78. The highest BCUT2D eigenvalue weighted by Gasteiger charge is 2.15. The van der Waals surface area contributed by atoms with Crippen LogP contribution in [0.2, 0.25) is 0 Å². The van der Waals surface area contributed by atoms with Crippen molar-refractivity contribution in [3.8, 4) is 0 Å². The number of benzene rings is 2. The fourth-order valence-corrected chi connectivity index (χ4v) is 2.80. The molecule has 2 aromatic carbocycles. The first-order valence-electron chi connectivity index (χ1n) is 5.88. The van der Waals surface area contributed by atoms with Gasteiger partial charge >= 0.3 is 0 Å². The van der Waals surface area contributed by atoms with E-state index in [1.54, 1.807) is 18.2 Å². The van der Waals surface area contributed by atoms with Crippen molar-refractivity contribution in [1.82, 2.24) is 4.72 Å². The van der Waals surface area contributed by atoms with Crippen molar-refractivity contribution in [3.63, 3.8) is 0 Å². The molecule has 0 spiro atoms. The smallest absolute Gasteiger partial charge is 0.242 e. The molecular weight excluding hydrogens is 361 g/mol. The van der Waals surface area contributed by atoms with Crippen molar-refractivity contribution in [2.45, 2.75) is 4.90 Å². The van der Waals surface area contributed by atoms with Crippen LogP contribution in [0, 0.1) is 5.82 Å². The van der Waals surface area contributed by atoms with Gasteiger partial charge in [-0.2, -0.15) is 0 Å². The Morgan fingerprint density at radius 2 is 1.76 bits per heavy atom. The summed E-state index contributed by atoms with van der Waals surface area (Å²) in [4.78, 5) is -0.00228. The van der Waals surface area contributed by atoms with Crippen LogP contribution in [-0.2, 0) is 10.0 Å². The molecule has 0 aliphatic carbocycles. The normalized spacial score (nSPS) is 11.4. The third kappa shape index (κ3) is 3.52. The molecule has 0 fully saturated rings. The SMILES string of the molecule is CNS(=O)(=O)c1ccc(Nc2ccc(Br)c(F)c2)cc1N. The summed E-state index contributed by atoms with van der Waals surface area (Å²) < 4.78 is 39.4. The van der Waals surface area contributed by atoms with Gasteiger partial charge in [-0.25, -0.2) is 17.5 Å². The minimum Gasteiger partial charge on any atom is -0.398 e. The first kappa shape index (κ1) is 15.7. The van der Waals surface area contributed by atoms with Crippen molar-refractivity contribution in [3.05, 3.63) is 46.7 Å². The van der Waals surface area contributed by atoms with Gasteiger partial charge in [0.1, 0.15) is 10.7 Å². The van der Waals surface area contributed by atoms with Crippen LogP contribution in [0.25, 0.3) is 0 Å². The van der Waals surface area contributed by atoms with Crippen molar-refractivity contribution in [1.29, 1.82) is 0 Å². The summed E-state index contributed by atoms with van der Waals surface area (Å²) in [5.41, 5.74) is 6.94. The first-order chi connectivity index (χ1) is 9.83. The maximum atomic E-state index is 13.4. The van der Waals surface area contributed by atoms with Crippen LogP contribution in [-0.4, -0.2) is 15.5 Å². The van der Waals surface area contributed by atoms with E-state index >= 15 is 0 Å². The second-order valence-electron chi connectivity index (χ2n) is 4.21. The maximum Gasteiger partial charge on any atom is 0.242 e. The summed E-state index contributed by atoms with van der Waals surface area (Å²) in [6.45, 7) is 0. The summed E-state index contributed by atoms with van der Waals surface area (Å²) >= 11 is 3.07. The molecular formula is C13H13BrFN3O2S. The predicted octanol–water partition coefficient (Wildman–Crippen LogP) is 2.82. The zero-order chi connectivity index (χ0) is 15.6. The Bertz CT molecular complexity index is 781. The van der Waals surface area contributed by atoms with Gasteiger partial charge in [-0.15, -0.1) is 0 Å². The van der Waals surface area contributed by atoms with Gasteiger partial charge in [0.15, 0.2) is 0 Å². The van der Waals surface area contributed by atoms with E-state index in [0.717, 1.165) is 0 Å². The largest absolute Gasteiger partial charge is 0.398 e. The molecule has 4 N–H and O–H groups in total. The molecule has 0 aliphatic rings. The van der Waals surface area contributed by atoms with Crippen molar-refractivity contribution in [2.75, 3.05) is 18.1 Å². The molecule has 0 unspecified atom stereocenters. The Kier molecular flexibility index (Phi) is 4.50. The molecule has 5 nitrogen and oxygen atoms in total. The van der Waals surface area contributed by atoms with Gasteiger partial charge in [-0.1, -0.05) is 0 Å². The van der Waals surface area contributed by atoms with Gasteiger partial charge in [-0.3, -0.25) is 0 Å². The Morgan fingerprint density at radius 1 is 1.14 bits per heavy atom. The second kappa shape index (κ2) is 6.00. The van der Waals surface area contributed by atoms with Crippen molar-refractivity contribution >= 4 is 43.0 Å². The van der Waals surface area contributed by atoms with E-state index in [0.29, 0.717) is 15.8 Å². The number of halogens is 2. The summed E-state index contributed by atoms with van der Waals surface area (Å²) in [6.07, 6.45) is 0. The summed E-state index contributed by atoms with van der Waals surface area (Å²) in [5, 5.41) is 2.95. The zero-order valence-corrected chi connectivity index (χ0v) is 13.4. The Morgan fingerprint density at radius 3 is 2.33 bits per heavy atom. The van der Waals surface area contributed by atoms with Crippen LogP contribution in [0.5, 0.6) is 0 Å². The lowest BCUT2D eigenvalue weighted by Gasteiger charge is -2.11. The highest BCUT2D eigenvalue weighted by molar-refractivity contribution is 9.10. The number of anilines is 3. The molecule has 21 heavy (non-hydrogen) atoms. The Hall–Kier alpha value is -1.64. The van der Waals surface area contributed by atoms with Crippen LogP contribution in [0.3, 0.4) is 0 Å². The van der Waals surface area contributed by atoms with Crippen LogP contribution in [0.1, 0.15) is 0 Å². The van der Waals surface area contributed by atoms with E-state index in [2.05, 4.69) is 26.0 Å². The number of nitrogens with two attached hydrogens (primary N) is 1. The van der Waals surface area contributed by atoms with Crippen molar-refractivity contribution < 1.29 is 12.8 Å². The van der Waals surface area contributed by atoms with Gasteiger partial charge in [0, 0.05) is 11.4 Å². The fraction of sp³-hybridized carbons (Fsp3) is 0.0769. The molecule has 0 heterocycles. The Labute approximate surface area is 130 Å². The van der Waals surface area contributed by atoms with E-state index in [-0.39, 0.29) is 10.6 Å². The number of nitrogens with one attached hydrogen (secondary N) is 2. The average Bonchev–Trinajstić information content (AvgIpc) is 2.43. The predicted molar refractivity (Wildman–Crippen MR) is 84.5 cm³/mol. The zero-order valence-electron chi connectivity index (χ0n) is 11.0. The number of nitrogen functional groups attached to an aromatic ring is 1. The lowest BCUT2D eigenvalue weighted by atomic mass is 10.2. The minimum absolute atomic E-state index is 0.00228. The molecule has 0 aliphatic heterocycles. The molecule has 0 radical (unpaired) electrons. The molecule has 0 saturated carbocycles. The quantitative estimate of drug-likeness (QED) is 0.719. The Balaban J connectivity index is 2.30. The maximum absolute atomic E-state index is 13.4. The molecule has 0 bridgehead atoms. The van der Waals surface area contributed by atoms with Crippen LogP contribution in [0.15, 0.2) is 45.8 Å². The molecule has 0 amide bonds. The van der Waals surface area contributed by atoms with E-state index in [9.17, 15) is 12.8 Å². The van der Waals surface area contributed by atoms with Gasteiger partial charge < -0.3 is 11.1 Å². The summed E-state index contributed by atoms with van der Waals surface area (Å²) in [5.74, 6) is -0.401. The first-order valence-corrected chi connectivity index (χ1v) is 8.16. The molecule has 2 aromatic rings. The van der Waals surface area contributed by atoms with Gasteiger partial charge in [0.2, 0.25) is 10.0 Å². The standard InChI is InChI=1S/C13H13BrFN3O2S/c1-17-21(19,20)13-5-3-9(7-12(13)16)18-8-2-4-10(14)11(15)6-8/h2-7,17-18H,16H2,1H3. The summed E-state index contributed by atoms with van der Waals surface area (Å²) in [6, 6.07) is 8.99. The molecule has 8 heteroatoms. The fourth-order valence-electron chi connectivity index (χ4n) is 1.72. The highest BCUT2D eigenvalue weighted by atomic mass is 79.9. The molecule has 112 valence electrons. The summed E-state index contributed by atoms with van der Waals surface area (Å²) in [7, 11) is -2.29. The number of rotatable bonds is 4. The lowest BCUT2D eigenvalue weighted by molar-refractivity contribution is 0.588. The molecule has 0 saturated heterocycles. The monoisotopic (exact) mass is 373 g/mol. The van der Waals surface area contributed by atoms with E-state index in [4.69, 9.17) is 5.73 Å². The van der Waals surface area contributed by atoms with Gasteiger partial charge in [0.05, 0.1) is 10.2 Å². The lowest BCUT2D eigenvalue weighted by Crippen LogP contribution is -2.19. The van der Waals surface area contributed by atoms with Crippen LogP contribution < -0.4 is 15.8 Å². The number of hydrogen-bond acceptors (Lipinski definition) is 4. The highest BCUT2D eigenvalue weighted by Crippen LogP contribution is 2.26. The van der Waals surface area contributed by atoms with Crippen LogP contribution >= 0.6 is 15.9 Å². The van der Waals surface area contributed by atoms with E-state index < -0.39 is 15.8 Å². The average molecular weight is 374 g/mol. The van der Waals surface area contributed by atoms with E-state index in [1.807, 2.05) is 0 Å². The molecule has 0 aromatic heterocycles. The van der Waals surface area contributed by atoms with Crippen molar-refractivity contribution in [2.24, 2.45) is 0 Å². The second-order valence-corrected chi connectivity index (χ2v) is 6.92. The topological polar surface area (TPSA) is 84.2 Å². The number of hydrogen-bond donors (Lipinski definition) is 3. The minimum atomic E-state index is -3.60. The molecule has 0 atom stereocenters. The third-order valence-corrected chi connectivity index (χ3v) is 4.91. The van der Waals surface area contributed by atoms with Crippen LogP contribution in [0.4, 0.5) is 21.5 Å². The number of sulfonamides is 1. The van der Waals surface area contributed by atoms with E-state index in [1.165, 1.54) is 25.2 Å². The van der Waals surface area contributed by atoms with Gasteiger partial charge in [0.25, 0.3) is 0 Å².